The predicted octanol–water partition coefficient (Wildman–Crippen LogP) is 1.22. The molecule has 0 bridgehead atoms. The van der Waals surface area contributed by atoms with Crippen LogP contribution in [0.15, 0.2) is 12.3 Å². The number of carboxylic acid groups (broad SMARTS) is 1. The number of piperazine rings is 1. The Kier molecular flexibility index (Phi) is 4.37. The molecule has 1 N–H and O–H groups in total. The second kappa shape index (κ2) is 6.04. The number of aromatic nitrogens is 1. The van der Waals surface area contributed by atoms with Crippen LogP contribution >= 0.6 is 0 Å². The molecule has 2 rings (SSSR count). The van der Waals surface area contributed by atoms with Gasteiger partial charge in [0, 0.05) is 31.7 Å². The minimum Gasteiger partial charge on any atom is -0.478 e. The number of pyridine rings is 1. The smallest absolute Gasteiger partial charge is 0.339 e. The Bertz CT molecular complexity index is 563. The quantitative estimate of drug-likeness (QED) is 0.658. The number of carbonyl (C=O) groups is 1. The molecule has 114 valence electrons. The predicted molar refractivity (Wildman–Crippen MR) is 76.8 cm³/mol. The standard InChI is InChI=1S/C13H18N4O4/c1-3-9-8-16(5-4-15(9)2)12-11(13(18)19)6-10(7-14-12)17(20)21/h6-7,9H,3-5,8H2,1-2H3,(H,18,19). The van der Waals surface area contributed by atoms with Gasteiger partial charge in [-0.25, -0.2) is 9.78 Å². The molecule has 2 heterocycles. The Hall–Kier alpha value is -2.22. The van der Waals surface area contributed by atoms with E-state index in [9.17, 15) is 20.0 Å². The summed E-state index contributed by atoms with van der Waals surface area (Å²) in [5, 5.41) is 20.0. The average molecular weight is 294 g/mol. The molecule has 8 nitrogen and oxygen atoms in total. The fourth-order valence-electron chi connectivity index (χ4n) is 2.53. The van der Waals surface area contributed by atoms with Crippen LogP contribution in [0.4, 0.5) is 11.5 Å². The van der Waals surface area contributed by atoms with Crippen molar-refractivity contribution in [2.24, 2.45) is 0 Å². The molecule has 1 aromatic heterocycles. The van der Waals surface area contributed by atoms with Crippen molar-refractivity contribution >= 4 is 17.5 Å². The molecule has 1 fully saturated rings. The van der Waals surface area contributed by atoms with Gasteiger partial charge in [-0.15, -0.1) is 0 Å². The molecule has 1 saturated heterocycles. The fraction of sp³-hybridized carbons (Fsp3) is 0.538. The first-order chi connectivity index (χ1) is 9.93. The third-order valence-corrected chi connectivity index (χ3v) is 3.84. The van der Waals surface area contributed by atoms with Gasteiger partial charge in [-0.1, -0.05) is 6.92 Å². The second-order valence-electron chi connectivity index (χ2n) is 5.12. The van der Waals surface area contributed by atoms with Gasteiger partial charge in [0.25, 0.3) is 5.69 Å². The summed E-state index contributed by atoms with van der Waals surface area (Å²) < 4.78 is 0. The molecular weight excluding hydrogens is 276 g/mol. The lowest BCUT2D eigenvalue weighted by atomic mass is 10.1. The minimum absolute atomic E-state index is 0.122. The number of anilines is 1. The molecule has 1 atom stereocenters. The molecule has 8 heteroatoms. The lowest BCUT2D eigenvalue weighted by Crippen LogP contribution is -2.51. The van der Waals surface area contributed by atoms with Crippen molar-refractivity contribution in [3.63, 3.8) is 0 Å². The highest BCUT2D eigenvalue weighted by Crippen LogP contribution is 2.25. The van der Waals surface area contributed by atoms with Crippen molar-refractivity contribution in [2.45, 2.75) is 19.4 Å². The zero-order chi connectivity index (χ0) is 15.6. The van der Waals surface area contributed by atoms with Gasteiger partial charge in [0.15, 0.2) is 0 Å². The number of carboxylic acids is 1. The molecule has 1 aromatic rings. The summed E-state index contributed by atoms with van der Waals surface area (Å²) in [5.74, 6) is -0.896. The van der Waals surface area contributed by atoms with Crippen molar-refractivity contribution in [1.82, 2.24) is 9.88 Å². The summed E-state index contributed by atoms with van der Waals surface area (Å²) in [4.78, 5) is 29.6. The SMILES string of the molecule is CCC1CN(c2ncc([N+](=O)[O-])cc2C(=O)O)CCN1C. The van der Waals surface area contributed by atoms with Crippen molar-refractivity contribution in [3.8, 4) is 0 Å². The Balaban J connectivity index is 2.35. The first kappa shape index (κ1) is 15.2. The van der Waals surface area contributed by atoms with Crippen molar-refractivity contribution in [3.05, 3.63) is 27.9 Å². The summed E-state index contributed by atoms with van der Waals surface area (Å²) in [6.07, 6.45) is 2.06. The highest BCUT2D eigenvalue weighted by atomic mass is 16.6. The first-order valence-corrected chi connectivity index (χ1v) is 6.77. The van der Waals surface area contributed by atoms with Crippen molar-refractivity contribution in [2.75, 3.05) is 31.6 Å². The van der Waals surface area contributed by atoms with Gasteiger partial charge in [-0.3, -0.25) is 15.0 Å². The summed E-state index contributed by atoms with van der Waals surface area (Å²) in [6.45, 7) is 4.19. The van der Waals surface area contributed by atoms with Crippen molar-refractivity contribution < 1.29 is 14.8 Å². The molecule has 0 spiro atoms. The first-order valence-electron chi connectivity index (χ1n) is 6.77. The van der Waals surface area contributed by atoms with Gasteiger partial charge in [0.2, 0.25) is 0 Å². The van der Waals surface area contributed by atoms with Gasteiger partial charge in [-0.2, -0.15) is 0 Å². The summed E-state index contributed by atoms with van der Waals surface area (Å²) in [5.41, 5.74) is -0.430. The summed E-state index contributed by atoms with van der Waals surface area (Å²) in [7, 11) is 2.03. The van der Waals surface area contributed by atoms with E-state index in [-0.39, 0.29) is 11.3 Å². The van der Waals surface area contributed by atoms with Crippen molar-refractivity contribution in [1.29, 1.82) is 0 Å². The molecule has 1 aliphatic heterocycles. The monoisotopic (exact) mass is 294 g/mol. The van der Waals surface area contributed by atoms with Gasteiger partial charge in [0.05, 0.1) is 4.92 Å². The van der Waals surface area contributed by atoms with Gasteiger partial charge < -0.3 is 10.0 Å². The highest BCUT2D eigenvalue weighted by Gasteiger charge is 2.28. The van der Waals surface area contributed by atoms with Crippen LogP contribution in [0.5, 0.6) is 0 Å². The van der Waals surface area contributed by atoms with Gasteiger partial charge >= 0.3 is 5.97 Å². The van der Waals surface area contributed by atoms with E-state index in [1.54, 1.807) is 0 Å². The molecule has 0 aromatic carbocycles. The number of hydrogen-bond acceptors (Lipinski definition) is 6. The van der Waals surface area contributed by atoms with Crippen LogP contribution in [0.3, 0.4) is 0 Å². The molecule has 1 unspecified atom stereocenters. The van der Waals surface area contributed by atoms with E-state index in [1.807, 2.05) is 11.9 Å². The maximum absolute atomic E-state index is 11.4. The van der Waals surface area contributed by atoms with Crippen LogP contribution in [-0.4, -0.2) is 58.6 Å². The van der Waals surface area contributed by atoms with E-state index < -0.39 is 10.9 Å². The Labute approximate surface area is 122 Å². The van der Waals surface area contributed by atoms with Crippen LogP contribution in [-0.2, 0) is 0 Å². The molecular formula is C13H18N4O4. The van der Waals surface area contributed by atoms with Crippen LogP contribution < -0.4 is 4.90 Å². The van der Waals surface area contributed by atoms with E-state index in [0.717, 1.165) is 25.2 Å². The third-order valence-electron chi connectivity index (χ3n) is 3.84. The number of aromatic carboxylic acids is 1. The van der Waals surface area contributed by atoms with E-state index in [0.29, 0.717) is 24.9 Å². The highest BCUT2D eigenvalue weighted by molar-refractivity contribution is 5.94. The Morgan fingerprint density at radius 1 is 1.57 bits per heavy atom. The Morgan fingerprint density at radius 2 is 2.29 bits per heavy atom. The molecule has 21 heavy (non-hydrogen) atoms. The number of nitro groups is 1. The van der Waals surface area contributed by atoms with Crippen LogP contribution in [0.1, 0.15) is 23.7 Å². The molecule has 0 amide bonds. The van der Waals surface area contributed by atoms with E-state index in [1.165, 1.54) is 0 Å². The summed E-state index contributed by atoms with van der Waals surface area (Å²) >= 11 is 0. The van der Waals surface area contributed by atoms with E-state index in [4.69, 9.17) is 0 Å². The molecule has 0 aliphatic carbocycles. The number of nitrogens with zero attached hydrogens (tertiary/aromatic N) is 4. The maximum Gasteiger partial charge on any atom is 0.339 e. The lowest BCUT2D eigenvalue weighted by molar-refractivity contribution is -0.385. The zero-order valence-electron chi connectivity index (χ0n) is 12.0. The minimum atomic E-state index is -1.20. The topological polar surface area (TPSA) is 99.8 Å². The Morgan fingerprint density at radius 3 is 2.86 bits per heavy atom. The summed E-state index contributed by atoms with van der Waals surface area (Å²) in [6, 6.07) is 1.39. The molecule has 1 aliphatic rings. The lowest BCUT2D eigenvalue weighted by Gasteiger charge is -2.40. The van der Waals surface area contributed by atoms with Crippen LogP contribution in [0.2, 0.25) is 0 Å². The van der Waals surface area contributed by atoms with E-state index in [2.05, 4.69) is 16.8 Å². The largest absolute Gasteiger partial charge is 0.478 e. The molecule has 0 saturated carbocycles. The van der Waals surface area contributed by atoms with Crippen LogP contribution in [0, 0.1) is 10.1 Å². The average Bonchev–Trinajstić information content (AvgIpc) is 2.47. The molecule has 0 radical (unpaired) electrons. The third kappa shape index (κ3) is 3.10. The number of rotatable bonds is 4. The fourth-order valence-corrected chi connectivity index (χ4v) is 2.53. The maximum atomic E-state index is 11.4. The zero-order valence-corrected chi connectivity index (χ0v) is 12.0. The number of hydrogen-bond donors (Lipinski definition) is 1. The van der Waals surface area contributed by atoms with E-state index >= 15 is 0 Å². The normalized spacial score (nSPS) is 19.5. The number of likely N-dealkylation sites (N-methyl/N-ethyl adjacent to an activating group) is 1. The van der Waals surface area contributed by atoms with Gasteiger partial charge in [-0.05, 0) is 13.5 Å². The second-order valence-corrected chi connectivity index (χ2v) is 5.12. The van der Waals surface area contributed by atoms with Gasteiger partial charge in [0.1, 0.15) is 17.6 Å². The van der Waals surface area contributed by atoms with Crippen LogP contribution in [0.25, 0.3) is 0 Å².